The molecule has 0 amide bonds. The summed E-state index contributed by atoms with van der Waals surface area (Å²) in [6, 6.07) is 0. The Labute approximate surface area is 295 Å². The first-order valence-electron chi connectivity index (χ1n) is 20.6. The van der Waals surface area contributed by atoms with Crippen LogP contribution in [0.2, 0.25) is 0 Å². The summed E-state index contributed by atoms with van der Waals surface area (Å²) in [5.41, 5.74) is 0. The van der Waals surface area contributed by atoms with Gasteiger partial charge in [0.1, 0.15) is 0 Å². The maximum atomic E-state index is 6.74. The van der Waals surface area contributed by atoms with Gasteiger partial charge < -0.3 is 14.0 Å². The van der Waals surface area contributed by atoms with Crippen molar-refractivity contribution < 1.29 is 14.0 Å². The van der Waals surface area contributed by atoms with Crippen LogP contribution >= 0.6 is 0 Å². The molecule has 1 heterocycles. The van der Waals surface area contributed by atoms with Crippen LogP contribution in [0.25, 0.3) is 0 Å². The Morgan fingerprint density at radius 1 is 0.511 bits per heavy atom. The lowest BCUT2D eigenvalue weighted by Crippen LogP contribution is -2.38. The van der Waals surface area contributed by atoms with Gasteiger partial charge in [-0.3, -0.25) is 0 Å². The standard InChI is InChI=1S/C44H82NO2/c1-6-8-10-12-14-16-18-20-22-24-26-28-30-32-34-36-39-44(46-42-43(47-44)38-41-45(3,4)5)40-37-35-33-31-29-27-25-23-21-19-17-15-13-11-9-7-2/h14-17,20-23,43H,6-13,18-19,24-42H2,1-5H3/q+1/b16-14-,17-15+,22-20-,23-21+. The molecule has 0 aromatic carbocycles. The number of quaternary nitrogens is 1. The molecule has 0 aromatic heterocycles. The lowest BCUT2D eigenvalue weighted by molar-refractivity contribution is -0.870. The summed E-state index contributed by atoms with van der Waals surface area (Å²) in [6.45, 7) is 6.46. The fraction of sp³-hybridized carbons (Fsp3) is 0.818. The number of hydrogen-bond donors (Lipinski definition) is 0. The second-order valence-electron chi connectivity index (χ2n) is 15.4. The molecule has 3 heteroatoms. The lowest BCUT2D eigenvalue weighted by atomic mass is 9.98. The molecule has 47 heavy (non-hydrogen) atoms. The van der Waals surface area contributed by atoms with E-state index in [-0.39, 0.29) is 11.9 Å². The zero-order valence-electron chi connectivity index (χ0n) is 32.5. The number of allylic oxidation sites excluding steroid dienone is 8. The van der Waals surface area contributed by atoms with E-state index < -0.39 is 0 Å². The van der Waals surface area contributed by atoms with Gasteiger partial charge in [0.05, 0.1) is 40.4 Å². The molecule has 0 saturated carbocycles. The third kappa shape index (κ3) is 28.4. The van der Waals surface area contributed by atoms with E-state index in [1.54, 1.807) is 0 Å². The zero-order chi connectivity index (χ0) is 34.2. The van der Waals surface area contributed by atoms with Crippen LogP contribution in [0.3, 0.4) is 0 Å². The van der Waals surface area contributed by atoms with E-state index in [9.17, 15) is 0 Å². The summed E-state index contributed by atoms with van der Waals surface area (Å²) in [7, 11) is 6.83. The molecule has 2 atom stereocenters. The molecule has 3 nitrogen and oxygen atoms in total. The van der Waals surface area contributed by atoms with Crippen molar-refractivity contribution >= 4 is 0 Å². The second-order valence-corrected chi connectivity index (χ2v) is 15.4. The number of nitrogens with zero attached hydrogens (tertiary/aromatic N) is 1. The van der Waals surface area contributed by atoms with Gasteiger partial charge in [-0.2, -0.15) is 0 Å². The van der Waals surface area contributed by atoms with E-state index in [4.69, 9.17) is 9.47 Å². The van der Waals surface area contributed by atoms with Crippen molar-refractivity contribution in [1.29, 1.82) is 0 Å². The monoisotopic (exact) mass is 657 g/mol. The van der Waals surface area contributed by atoms with Gasteiger partial charge in [-0.1, -0.05) is 140 Å². The summed E-state index contributed by atoms with van der Waals surface area (Å²) < 4.78 is 14.2. The van der Waals surface area contributed by atoms with Crippen molar-refractivity contribution in [3.8, 4) is 0 Å². The first-order chi connectivity index (χ1) is 22.9. The number of unbranched alkanes of at least 4 members (excludes halogenated alkanes) is 18. The molecule has 0 radical (unpaired) electrons. The zero-order valence-corrected chi connectivity index (χ0v) is 32.5. The van der Waals surface area contributed by atoms with E-state index >= 15 is 0 Å². The van der Waals surface area contributed by atoms with Gasteiger partial charge in [-0.15, -0.1) is 0 Å². The van der Waals surface area contributed by atoms with Crippen molar-refractivity contribution in [2.45, 2.75) is 199 Å². The Morgan fingerprint density at radius 3 is 1.30 bits per heavy atom. The minimum Gasteiger partial charge on any atom is -0.347 e. The van der Waals surface area contributed by atoms with Gasteiger partial charge in [-0.25, -0.2) is 0 Å². The summed E-state index contributed by atoms with van der Waals surface area (Å²) in [5.74, 6) is -0.319. The maximum absolute atomic E-state index is 6.74. The molecule has 1 aliphatic rings. The quantitative estimate of drug-likeness (QED) is 0.0397. The third-order valence-corrected chi connectivity index (χ3v) is 9.55. The minimum absolute atomic E-state index is 0.265. The van der Waals surface area contributed by atoms with E-state index in [1.807, 2.05) is 0 Å². The summed E-state index contributed by atoms with van der Waals surface area (Å²) in [6.07, 6.45) is 53.4. The Morgan fingerprint density at radius 2 is 0.894 bits per heavy atom. The predicted molar refractivity (Wildman–Crippen MR) is 209 cm³/mol. The van der Waals surface area contributed by atoms with Gasteiger partial charge in [-0.05, 0) is 77.0 Å². The molecule has 1 rings (SSSR count). The van der Waals surface area contributed by atoms with Crippen LogP contribution < -0.4 is 0 Å². The summed E-state index contributed by atoms with van der Waals surface area (Å²) in [4.78, 5) is 0. The van der Waals surface area contributed by atoms with Crippen LogP contribution in [-0.4, -0.2) is 50.7 Å². The number of rotatable bonds is 33. The average Bonchev–Trinajstić information content (AvgIpc) is 3.46. The highest BCUT2D eigenvalue weighted by atomic mass is 16.7. The molecule has 1 fully saturated rings. The van der Waals surface area contributed by atoms with Gasteiger partial charge in [0.25, 0.3) is 0 Å². The third-order valence-electron chi connectivity index (χ3n) is 9.55. The molecule has 0 bridgehead atoms. The van der Waals surface area contributed by atoms with Crippen molar-refractivity contribution in [2.24, 2.45) is 0 Å². The van der Waals surface area contributed by atoms with Crippen LogP contribution in [0.15, 0.2) is 48.6 Å². The molecule has 0 N–H and O–H groups in total. The van der Waals surface area contributed by atoms with Crippen LogP contribution in [0.5, 0.6) is 0 Å². The van der Waals surface area contributed by atoms with Gasteiger partial charge in [0, 0.05) is 19.3 Å². The molecule has 0 aliphatic carbocycles. The van der Waals surface area contributed by atoms with Crippen molar-refractivity contribution in [3.05, 3.63) is 48.6 Å². The summed E-state index contributed by atoms with van der Waals surface area (Å²) in [5, 5.41) is 0. The lowest BCUT2D eigenvalue weighted by Gasteiger charge is -2.29. The number of ether oxygens (including phenoxy) is 2. The SMILES string of the molecule is CCCCC/C=C\C/C=C\CCCCCCCCC1(CCCCCCCC/C=C/C/C=C/CCCCC)OCC(CC[N+](C)(C)C)O1. The van der Waals surface area contributed by atoms with Gasteiger partial charge in [0.15, 0.2) is 5.79 Å². The molecule has 0 spiro atoms. The maximum Gasteiger partial charge on any atom is 0.168 e. The fourth-order valence-corrected chi connectivity index (χ4v) is 6.44. The van der Waals surface area contributed by atoms with E-state index in [0.29, 0.717) is 0 Å². The van der Waals surface area contributed by atoms with Crippen molar-refractivity contribution in [3.63, 3.8) is 0 Å². The predicted octanol–water partition coefficient (Wildman–Crippen LogP) is 13.6. The molecule has 0 aromatic rings. The first kappa shape index (κ1) is 43.9. The Bertz CT molecular complexity index is 741. The highest BCUT2D eigenvalue weighted by Gasteiger charge is 2.40. The van der Waals surface area contributed by atoms with E-state index in [2.05, 4.69) is 83.6 Å². The Balaban J connectivity index is 2.20. The fourth-order valence-electron chi connectivity index (χ4n) is 6.44. The van der Waals surface area contributed by atoms with Crippen LogP contribution in [0, 0.1) is 0 Å². The van der Waals surface area contributed by atoms with Gasteiger partial charge >= 0.3 is 0 Å². The van der Waals surface area contributed by atoms with Crippen LogP contribution in [0.1, 0.15) is 187 Å². The molecule has 274 valence electrons. The normalized spacial score (nSPS) is 19.1. The Kier molecular flexibility index (Phi) is 28.8. The molecule has 1 aliphatic heterocycles. The molecule has 2 unspecified atom stereocenters. The Hall–Kier alpha value is -1.16. The van der Waals surface area contributed by atoms with E-state index in [0.717, 1.165) is 49.7 Å². The molecule has 1 saturated heterocycles. The molecular formula is C44H82NO2+. The largest absolute Gasteiger partial charge is 0.347 e. The highest BCUT2D eigenvalue weighted by molar-refractivity contribution is 4.93. The number of hydrogen-bond acceptors (Lipinski definition) is 2. The van der Waals surface area contributed by atoms with Crippen LogP contribution in [0.4, 0.5) is 0 Å². The smallest absolute Gasteiger partial charge is 0.168 e. The average molecular weight is 657 g/mol. The van der Waals surface area contributed by atoms with E-state index in [1.165, 1.54) is 141 Å². The van der Waals surface area contributed by atoms with Crippen molar-refractivity contribution in [2.75, 3.05) is 34.3 Å². The molecular weight excluding hydrogens is 574 g/mol. The van der Waals surface area contributed by atoms with Gasteiger partial charge in [0.2, 0.25) is 0 Å². The minimum atomic E-state index is -0.319. The van der Waals surface area contributed by atoms with Crippen LogP contribution in [-0.2, 0) is 9.47 Å². The second kappa shape index (κ2) is 30.9. The summed E-state index contributed by atoms with van der Waals surface area (Å²) >= 11 is 0. The first-order valence-corrected chi connectivity index (χ1v) is 20.6. The van der Waals surface area contributed by atoms with Crippen molar-refractivity contribution in [1.82, 2.24) is 0 Å². The highest BCUT2D eigenvalue weighted by Crippen LogP contribution is 2.35. The topological polar surface area (TPSA) is 18.5 Å².